The van der Waals surface area contributed by atoms with Crippen molar-refractivity contribution in [1.82, 2.24) is 14.1 Å². The first-order valence-corrected chi connectivity index (χ1v) is 14.0. The van der Waals surface area contributed by atoms with Crippen LogP contribution in [0.3, 0.4) is 0 Å². The zero-order chi connectivity index (χ0) is 28.0. The quantitative estimate of drug-likeness (QED) is 0.296. The van der Waals surface area contributed by atoms with E-state index in [9.17, 15) is 18.0 Å². The van der Waals surface area contributed by atoms with Crippen LogP contribution in [0.2, 0.25) is 0 Å². The molecular weight excluding hydrogens is 514 g/mol. The van der Waals surface area contributed by atoms with E-state index in [1.807, 2.05) is 68.4 Å². The fraction of sp³-hybridized carbons (Fsp3) is 0.207. The van der Waals surface area contributed by atoms with E-state index in [1.165, 1.54) is 31.2 Å². The van der Waals surface area contributed by atoms with Crippen LogP contribution in [0, 0.1) is 6.92 Å². The summed E-state index contributed by atoms with van der Waals surface area (Å²) in [5.74, 6) is -0.318. The maximum atomic E-state index is 13.4. The molecule has 4 aromatic rings. The molecule has 3 aromatic carbocycles. The largest absolute Gasteiger partial charge is 0.326 e. The van der Waals surface area contributed by atoms with Gasteiger partial charge in [-0.3, -0.25) is 9.59 Å². The summed E-state index contributed by atoms with van der Waals surface area (Å²) in [5, 5.41) is 10.2. The third-order valence-electron chi connectivity index (χ3n) is 5.93. The topological polar surface area (TPSA) is 113 Å². The van der Waals surface area contributed by atoms with Crippen LogP contribution in [0.5, 0.6) is 0 Å². The molecule has 0 radical (unpaired) electrons. The monoisotopic (exact) mass is 545 g/mol. The Morgan fingerprint density at radius 2 is 1.59 bits per heavy atom. The fourth-order valence-corrected chi connectivity index (χ4v) is 5.53. The van der Waals surface area contributed by atoms with Gasteiger partial charge in [-0.2, -0.15) is 9.40 Å². The van der Waals surface area contributed by atoms with Gasteiger partial charge in [-0.15, -0.1) is 0 Å². The highest BCUT2D eigenvalue weighted by atomic mass is 32.2. The van der Waals surface area contributed by atoms with Gasteiger partial charge in [-0.25, -0.2) is 13.1 Å². The van der Waals surface area contributed by atoms with Crippen LogP contribution in [-0.4, -0.2) is 47.4 Å². The summed E-state index contributed by atoms with van der Waals surface area (Å²) in [6.07, 6.45) is 0.524. The van der Waals surface area contributed by atoms with E-state index in [4.69, 9.17) is 5.10 Å². The maximum Gasteiger partial charge on any atom is 0.243 e. The fourth-order valence-electron chi connectivity index (χ4n) is 4.04. The molecule has 0 aliphatic rings. The molecule has 10 heteroatoms. The average Bonchev–Trinajstić information content (AvgIpc) is 3.33. The lowest BCUT2D eigenvalue weighted by atomic mass is 10.1. The van der Waals surface area contributed by atoms with Crippen LogP contribution in [0.25, 0.3) is 16.9 Å². The number of sulfonamides is 1. The Morgan fingerprint density at radius 3 is 2.21 bits per heavy atom. The van der Waals surface area contributed by atoms with Crippen molar-refractivity contribution >= 4 is 33.3 Å². The number of amides is 2. The molecule has 202 valence electrons. The van der Waals surface area contributed by atoms with Gasteiger partial charge in [0.2, 0.25) is 21.8 Å². The van der Waals surface area contributed by atoms with Gasteiger partial charge in [-0.1, -0.05) is 55.0 Å². The van der Waals surface area contributed by atoms with Gasteiger partial charge in [0.25, 0.3) is 0 Å². The molecule has 0 unspecified atom stereocenters. The highest BCUT2D eigenvalue weighted by Crippen LogP contribution is 2.25. The molecule has 0 saturated carbocycles. The zero-order valence-electron chi connectivity index (χ0n) is 22.1. The smallest absolute Gasteiger partial charge is 0.243 e. The lowest BCUT2D eigenvalue weighted by Gasteiger charge is -2.21. The summed E-state index contributed by atoms with van der Waals surface area (Å²) in [7, 11) is -3.96. The first kappa shape index (κ1) is 27.7. The van der Waals surface area contributed by atoms with E-state index >= 15 is 0 Å². The molecule has 1 heterocycles. The van der Waals surface area contributed by atoms with Gasteiger partial charge in [0.1, 0.15) is 5.82 Å². The molecule has 0 aliphatic carbocycles. The number of carbonyl (C=O) groups excluding carboxylic acids is 2. The predicted molar refractivity (Wildman–Crippen MR) is 152 cm³/mol. The van der Waals surface area contributed by atoms with Crippen molar-refractivity contribution in [1.29, 1.82) is 0 Å². The molecule has 2 N–H and O–H groups in total. The summed E-state index contributed by atoms with van der Waals surface area (Å²) in [5.41, 5.74) is 3.89. The lowest BCUT2D eigenvalue weighted by molar-refractivity contribution is -0.116. The lowest BCUT2D eigenvalue weighted by Crippen LogP contribution is -2.38. The Morgan fingerprint density at radius 1 is 0.923 bits per heavy atom. The molecule has 1 aromatic heterocycles. The minimum Gasteiger partial charge on any atom is -0.326 e. The number of aryl methyl sites for hydroxylation is 1. The van der Waals surface area contributed by atoms with Gasteiger partial charge in [-0.05, 0) is 49.7 Å². The molecule has 39 heavy (non-hydrogen) atoms. The van der Waals surface area contributed by atoms with Crippen LogP contribution < -0.4 is 10.6 Å². The molecule has 0 spiro atoms. The Bertz CT molecular complexity index is 1550. The minimum atomic E-state index is -3.96. The first-order chi connectivity index (χ1) is 18.7. The molecule has 0 aliphatic heterocycles. The van der Waals surface area contributed by atoms with Gasteiger partial charge >= 0.3 is 0 Å². The summed E-state index contributed by atoms with van der Waals surface area (Å²) in [6.45, 7) is 5.00. The number of anilines is 2. The number of nitrogens with zero attached hydrogens (tertiary/aromatic N) is 3. The number of aromatic nitrogens is 2. The molecule has 0 saturated heterocycles. The van der Waals surface area contributed by atoms with E-state index in [-0.39, 0.29) is 23.9 Å². The van der Waals surface area contributed by atoms with E-state index in [0.717, 1.165) is 21.1 Å². The molecule has 0 fully saturated rings. The number of hydrogen-bond acceptors (Lipinski definition) is 5. The van der Waals surface area contributed by atoms with Crippen LogP contribution in [0.1, 0.15) is 25.8 Å². The minimum absolute atomic E-state index is 0.0360. The van der Waals surface area contributed by atoms with Gasteiger partial charge < -0.3 is 10.6 Å². The Balaban J connectivity index is 1.59. The van der Waals surface area contributed by atoms with Crippen LogP contribution >= 0.6 is 0 Å². The number of hydrogen-bond donors (Lipinski definition) is 2. The number of nitrogens with one attached hydrogen (secondary N) is 2. The van der Waals surface area contributed by atoms with Gasteiger partial charge in [0.15, 0.2) is 0 Å². The molecular formula is C29H31N5O4S. The summed E-state index contributed by atoms with van der Waals surface area (Å²) in [6, 6.07) is 25.0. The molecule has 9 nitrogen and oxygen atoms in total. The van der Waals surface area contributed by atoms with Crippen molar-refractivity contribution < 1.29 is 18.0 Å². The normalized spacial score (nSPS) is 11.4. The number of carbonyl (C=O) groups is 2. The van der Waals surface area contributed by atoms with Crippen molar-refractivity contribution in [3.05, 3.63) is 90.5 Å². The highest BCUT2D eigenvalue weighted by molar-refractivity contribution is 7.89. The molecule has 0 atom stereocenters. The highest BCUT2D eigenvalue weighted by Gasteiger charge is 2.27. The Hall–Kier alpha value is -4.28. The third kappa shape index (κ3) is 6.78. The SMILES string of the molecule is CCCN(CC(=O)Nc1cc(-c2ccccc2)nn1-c1ccc(C)cc1)S(=O)(=O)c1ccc(NC(C)=O)cc1. The van der Waals surface area contributed by atoms with Crippen LogP contribution in [0.15, 0.2) is 89.8 Å². The summed E-state index contributed by atoms with van der Waals surface area (Å²) in [4.78, 5) is 24.5. The second kappa shape index (κ2) is 12.1. The standard InChI is InChI=1S/C29H31N5O4S/c1-4-18-33(39(37,38)26-16-12-24(13-17-26)30-22(3)35)20-29(36)31-28-19-27(23-8-6-5-7-9-23)32-34(28)25-14-10-21(2)11-15-25/h5-17,19H,4,18,20H2,1-3H3,(H,30,35)(H,31,36). The van der Waals surface area contributed by atoms with Gasteiger partial charge in [0, 0.05) is 30.8 Å². The average molecular weight is 546 g/mol. The van der Waals surface area contributed by atoms with Crippen molar-refractivity contribution in [2.75, 3.05) is 23.7 Å². The number of benzene rings is 3. The van der Waals surface area contributed by atoms with Crippen molar-refractivity contribution in [3.8, 4) is 16.9 Å². The van der Waals surface area contributed by atoms with E-state index in [0.29, 0.717) is 23.6 Å². The van der Waals surface area contributed by atoms with Gasteiger partial charge in [0.05, 0.1) is 22.8 Å². The predicted octanol–water partition coefficient (Wildman–Crippen LogP) is 4.85. The third-order valence-corrected chi connectivity index (χ3v) is 7.79. The first-order valence-electron chi connectivity index (χ1n) is 12.6. The summed E-state index contributed by atoms with van der Waals surface area (Å²) < 4.78 is 29.6. The second-order valence-corrected chi connectivity index (χ2v) is 11.1. The van der Waals surface area contributed by atoms with Crippen molar-refractivity contribution in [3.63, 3.8) is 0 Å². The van der Waals surface area contributed by atoms with E-state index in [2.05, 4.69) is 10.6 Å². The van der Waals surface area contributed by atoms with Crippen molar-refractivity contribution in [2.24, 2.45) is 0 Å². The van der Waals surface area contributed by atoms with E-state index < -0.39 is 15.9 Å². The summed E-state index contributed by atoms with van der Waals surface area (Å²) >= 11 is 0. The molecule has 4 rings (SSSR count). The van der Waals surface area contributed by atoms with Crippen LogP contribution in [0.4, 0.5) is 11.5 Å². The maximum absolute atomic E-state index is 13.4. The van der Waals surface area contributed by atoms with Crippen molar-refractivity contribution in [2.45, 2.75) is 32.1 Å². The number of rotatable bonds is 10. The Kier molecular flexibility index (Phi) is 8.58. The zero-order valence-corrected chi connectivity index (χ0v) is 22.9. The second-order valence-electron chi connectivity index (χ2n) is 9.12. The molecule has 2 amide bonds. The molecule has 0 bridgehead atoms. The van der Waals surface area contributed by atoms with Crippen LogP contribution in [-0.2, 0) is 19.6 Å². The Labute approximate surface area is 228 Å². The van der Waals surface area contributed by atoms with E-state index in [1.54, 1.807) is 10.7 Å².